The van der Waals surface area contributed by atoms with E-state index in [0.29, 0.717) is 24.3 Å². The highest BCUT2D eigenvalue weighted by Crippen LogP contribution is 2.23. The van der Waals surface area contributed by atoms with Gasteiger partial charge in [0.25, 0.3) is 0 Å². The molecule has 3 rings (SSSR count). The van der Waals surface area contributed by atoms with Crippen LogP contribution in [0.1, 0.15) is 27.9 Å². The van der Waals surface area contributed by atoms with Crippen molar-refractivity contribution in [3.8, 4) is 0 Å². The molecule has 0 radical (unpaired) electrons. The van der Waals surface area contributed by atoms with Gasteiger partial charge in [-0.1, -0.05) is 30.3 Å². The van der Waals surface area contributed by atoms with E-state index in [0.717, 1.165) is 11.1 Å². The van der Waals surface area contributed by atoms with Gasteiger partial charge in [0.1, 0.15) is 0 Å². The van der Waals surface area contributed by atoms with Crippen LogP contribution in [0.25, 0.3) is 0 Å². The van der Waals surface area contributed by atoms with Gasteiger partial charge in [-0.15, -0.1) is 0 Å². The predicted molar refractivity (Wildman–Crippen MR) is 101 cm³/mol. The second-order valence-electron chi connectivity index (χ2n) is 6.66. The number of aryl methyl sites for hydroxylation is 1. The minimum absolute atomic E-state index is 0.0262. The lowest BCUT2D eigenvalue weighted by Gasteiger charge is -2.18. The van der Waals surface area contributed by atoms with E-state index in [1.165, 1.54) is 7.11 Å². The lowest BCUT2D eigenvalue weighted by atomic mass is 10.1. The van der Waals surface area contributed by atoms with Crippen molar-refractivity contribution in [3.05, 3.63) is 65.2 Å². The maximum absolute atomic E-state index is 12.6. The summed E-state index contributed by atoms with van der Waals surface area (Å²) in [6.45, 7) is 2.90. The second kappa shape index (κ2) is 8.03. The van der Waals surface area contributed by atoms with Crippen LogP contribution in [0, 0.1) is 12.8 Å². The fraction of sp³-hybridized carbons (Fsp3) is 0.286. The maximum atomic E-state index is 12.6. The lowest BCUT2D eigenvalue weighted by molar-refractivity contribution is -0.128. The number of benzene rings is 2. The first-order valence-corrected chi connectivity index (χ1v) is 8.79. The fourth-order valence-corrected chi connectivity index (χ4v) is 3.18. The molecule has 1 fully saturated rings. The van der Waals surface area contributed by atoms with Crippen LogP contribution < -0.4 is 5.32 Å². The summed E-state index contributed by atoms with van der Waals surface area (Å²) in [7, 11) is 1.31. The first-order chi connectivity index (χ1) is 13.0. The van der Waals surface area contributed by atoms with Gasteiger partial charge in [0.05, 0.1) is 18.6 Å². The zero-order valence-corrected chi connectivity index (χ0v) is 15.4. The molecule has 27 heavy (non-hydrogen) atoms. The normalized spacial score (nSPS) is 16.3. The average Bonchev–Trinajstić information content (AvgIpc) is 3.04. The Morgan fingerprint density at radius 3 is 2.70 bits per heavy atom. The van der Waals surface area contributed by atoms with E-state index in [4.69, 9.17) is 0 Å². The first kappa shape index (κ1) is 18.6. The predicted octanol–water partition coefficient (Wildman–Crippen LogP) is 2.77. The van der Waals surface area contributed by atoms with Gasteiger partial charge in [-0.25, -0.2) is 4.79 Å². The summed E-state index contributed by atoms with van der Waals surface area (Å²) in [5.74, 6) is -1.13. The molecule has 6 nitrogen and oxygen atoms in total. The largest absolute Gasteiger partial charge is 0.465 e. The van der Waals surface area contributed by atoms with Crippen LogP contribution in [0.5, 0.6) is 0 Å². The Morgan fingerprint density at radius 2 is 1.96 bits per heavy atom. The molecule has 1 N–H and O–H groups in total. The van der Waals surface area contributed by atoms with Gasteiger partial charge in [-0.05, 0) is 36.2 Å². The quantitative estimate of drug-likeness (QED) is 0.826. The molecule has 1 heterocycles. The van der Waals surface area contributed by atoms with Crippen LogP contribution in [0.15, 0.2) is 48.5 Å². The Hall–Kier alpha value is -3.15. The number of nitrogens with zero attached hydrogens (tertiary/aromatic N) is 1. The van der Waals surface area contributed by atoms with Crippen molar-refractivity contribution in [2.45, 2.75) is 19.9 Å². The number of likely N-dealkylation sites (tertiary alicyclic amines) is 1. The van der Waals surface area contributed by atoms with Gasteiger partial charge in [0, 0.05) is 25.2 Å². The lowest BCUT2D eigenvalue weighted by Crippen LogP contribution is -2.28. The third kappa shape index (κ3) is 4.34. The molecule has 1 atom stereocenters. The summed E-state index contributed by atoms with van der Waals surface area (Å²) in [6, 6.07) is 14.5. The third-order valence-electron chi connectivity index (χ3n) is 4.76. The number of amides is 2. The number of hydrogen-bond acceptors (Lipinski definition) is 4. The maximum Gasteiger partial charge on any atom is 0.337 e. The number of esters is 1. The van der Waals surface area contributed by atoms with Crippen molar-refractivity contribution < 1.29 is 19.1 Å². The Bertz CT molecular complexity index is 878. The number of anilines is 1. The number of rotatable bonds is 5. The molecular weight excluding hydrogens is 344 g/mol. The summed E-state index contributed by atoms with van der Waals surface area (Å²) in [6.07, 6.45) is 0.189. The molecular formula is C21H22N2O4. The van der Waals surface area contributed by atoms with Crippen molar-refractivity contribution in [2.75, 3.05) is 19.0 Å². The smallest absolute Gasteiger partial charge is 0.337 e. The van der Waals surface area contributed by atoms with Crippen LogP contribution >= 0.6 is 0 Å². The molecule has 1 aliphatic rings. The topological polar surface area (TPSA) is 75.7 Å². The van der Waals surface area contributed by atoms with Crippen LogP contribution in [-0.4, -0.2) is 36.3 Å². The Labute approximate surface area is 158 Å². The van der Waals surface area contributed by atoms with Gasteiger partial charge < -0.3 is 15.0 Å². The molecule has 2 aromatic carbocycles. The Morgan fingerprint density at radius 1 is 1.19 bits per heavy atom. The SMILES string of the molecule is COC(=O)c1cccc(NC(=O)C2CC(=O)N(Cc3ccccc3C)C2)c1. The molecule has 0 aromatic heterocycles. The van der Waals surface area contributed by atoms with E-state index in [9.17, 15) is 14.4 Å². The average molecular weight is 366 g/mol. The molecule has 1 unspecified atom stereocenters. The van der Waals surface area contributed by atoms with Crippen molar-refractivity contribution in [3.63, 3.8) is 0 Å². The number of nitrogens with one attached hydrogen (secondary N) is 1. The summed E-state index contributed by atoms with van der Waals surface area (Å²) >= 11 is 0. The van der Waals surface area contributed by atoms with E-state index >= 15 is 0 Å². The molecule has 0 saturated carbocycles. The van der Waals surface area contributed by atoms with Crippen molar-refractivity contribution >= 4 is 23.5 Å². The van der Waals surface area contributed by atoms with Crippen LogP contribution in [-0.2, 0) is 20.9 Å². The van der Waals surface area contributed by atoms with Crippen LogP contribution in [0.3, 0.4) is 0 Å². The van der Waals surface area contributed by atoms with E-state index < -0.39 is 11.9 Å². The van der Waals surface area contributed by atoms with E-state index in [-0.39, 0.29) is 18.2 Å². The molecule has 6 heteroatoms. The van der Waals surface area contributed by atoms with E-state index in [2.05, 4.69) is 10.1 Å². The Kier molecular flexibility index (Phi) is 5.54. The number of hydrogen-bond donors (Lipinski definition) is 1. The van der Waals surface area contributed by atoms with E-state index in [1.807, 2.05) is 31.2 Å². The Balaban J connectivity index is 1.64. The zero-order chi connectivity index (χ0) is 19.4. The monoisotopic (exact) mass is 366 g/mol. The summed E-state index contributed by atoms with van der Waals surface area (Å²) in [4.78, 5) is 38.2. The third-order valence-corrected chi connectivity index (χ3v) is 4.76. The molecule has 0 bridgehead atoms. The van der Waals surface area contributed by atoms with Crippen LogP contribution in [0.2, 0.25) is 0 Å². The van der Waals surface area contributed by atoms with Crippen molar-refractivity contribution in [1.82, 2.24) is 4.90 Å². The summed E-state index contributed by atoms with van der Waals surface area (Å²) < 4.78 is 4.69. The van der Waals surface area contributed by atoms with Gasteiger partial charge in [-0.2, -0.15) is 0 Å². The van der Waals surface area contributed by atoms with E-state index in [1.54, 1.807) is 29.2 Å². The molecule has 0 aliphatic carbocycles. The molecule has 1 aliphatic heterocycles. The van der Waals surface area contributed by atoms with Crippen molar-refractivity contribution in [1.29, 1.82) is 0 Å². The standard InChI is InChI=1S/C21H22N2O4/c1-14-6-3-4-7-16(14)12-23-13-17(11-19(23)24)20(25)22-18-9-5-8-15(10-18)21(26)27-2/h3-10,17H,11-13H2,1-2H3,(H,22,25). The number of ether oxygens (including phenoxy) is 1. The number of carbonyl (C=O) groups is 3. The highest BCUT2D eigenvalue weighted by molar-refractivity contribution is 5.98. The zero-order valence-electron chi connectivity index (χ0n) is 15.4. The molecule has 2 aromatic rings. The van der Waals surface area contributed by atoms with Crippen LogP contribution in [0.4, 0.5) is 5.69 Å². The summed E-state index contributed by atoms with van der Waals surface area (Å²) in [5, 5.41) is 2.79. The highest BCUT2D eigenvalue weighted by Gasteiger charge is 2.34. The molecule has 2 amide bonds. The number of carbonyl (C=O) groups excluding carboxylic acids is 3. The first-order valence-electron chi connectivity index (χ1n) is 8.79. The van der Waals surface area contributed by atoms with Gasteiger partial charge in [-0.3, -0.25) is 9.59 Å². The van der Waals surface area contributed by atoms with Gasteiger partial charge in [0.15, 0.2) is 0 Å². The molecule has 1 saturated heterocycles. The van der Waals surface area contributed by atoms with Gasteiger partial charge in [0.2, 0.25) is 11.8 Å². The van der Waals surface area contributed by atoms with Gasteiger partial charge >= 0.3 is 5.97 Å². The molecule has 0 spiro atoms. The number of methoxy groups -OCH3 is 1. The fourth-order valence-electron chi connectivity index (χ4n) is 3.18. The highest BCUT2D eigenvalue weighted by atomic mass is 16.5. The minimum Gasteiger partial charge on any atom is -0.465 e. The minimum atomic E-state index is -0.466. The van der Waals surface area contributed by atoms with Crippen molar-refractivity contribution in [2.24, 2.45) is 5.92 Å². The molecule has 140 valence electrons. The summed E-state index contributed by atoms with van der Waals surface area (Å²) in [5.41, 5.74) is 3.07. The second-order valence-corrected chi connectivity index (χ2v) is 6.66.